The van der Waals surface area contributed by atoms with Gasteiger partial charge < -0.3 is 25.4 Å². The molecule has 0 saturated carbocycles. The normalized spacial score (nSPS) is 14.6. The molecule has 0 fully saturated rings. The average molecular weight is 575 g/mol. The standard InChI is InChI=1S/C30H27ClN4O4S/c1-18-27(29(37)35-24-10-6-7-11-25(24)39-3)28(21-8-4-5-9-23(21)31)22(16-32)30(33-18)40-17-26(36)34-19-12-14-20(38-2)15-13-19/h4-15,28,33H,17H2,1-3H3,(H,34,36)(H,35,37)/t28-/m0/s1. The van der Waals surface area contributed by atoms with E-state index in [-0.39, 0.29) is 17.2 Å². The molecule has 10 heteroatoms. The number of hydrogen-bond acceptors (Lipinski definition) is 7. The minimum atomic E-state index is -0.762. The minimum absolute atomic E-state index is 0.0325. The number of amides is 2. The van der Waals surface area contributed by atoms with Crippen LogP contribution in [-0.2, 0) is 9.59 Å². The van der Waals surface area contributed by atoms with Gasteiger partial charge in [-0.25, -0.2) is 0 Å². The van der Waals surface area contributed by atoms with Crippen molar-refractivity contribution in [1.29, 1.82) is 5.26 Å². The highest BCUT2D eigenvalue weighted by Crippen LogP contribution is 2.43. The Kier molecular flexibility index (Phi) is 9.38. The summed E-state index contributed by atoms with van der Waals surface area (Å²) in [6.07, 6.45) is 0. The van der Waals surface area contributed by atoms with Crippen molar-refractivity contribution >= 4 is 46.6 Å². The highest BCUT2D eigenvalue weighted by atomic mass is 35.5. The van der Waals surface area contributed by atoms with Crippen molar-refractivity contribution in [2.24, 2.45) is 0 Å². The van der Waals surface area contributed by atoms with E-state index in [4.69, 9.17) is 21.1 Å². The molecule has 3 aromatic carbocycles. The number of hydrogen-bond donors (Lipinski definition) is 3. The molecule has 0 spiro atoms. The second kappa shape index (κ2) is 13.1. The lowest BCUT2D eigenvalue weighted by molar-refractivity contribution is -0.114. The van der Waals surface area contributed by atoms with Crippen LogP contribution in [0, 0.1) is 11.3 Å². The third kappa shape index (κ3) is 6.42. The summed E-state index contributed by atoms with van der Waals surface area (Å²) in [6.45, 7) is 1.76. The quantitative estimate of drug-likeness (QED) is 0.284. The van der Waals surface area contributed by atoms with Crippen LogP contribution >= 0.6 is 23.4 Å². The van der Waals surface area contributed by atoms with Gasteiger partial charge in [-0.05, 0) is 55.0 Å². The van der Waals surface area contributed by atoms with Gasteiger partial charge in [0.05, 0.1) is 48.2 Å². The average Bonchev–Trinajstić information content (AvgIpc) is 2.96. The van der Waals surface area contributed by atoms with Crippen LogP contribution in [0.1, 0.15) is 18.4 Å². The molecule has 3 aromatic rings. The van der Waals surface area contributed by atoms with Crippen LogP contribution in [0.2, 0.25) is 5.02 Å². The number of nitrogens with one attached hydrogen (secondary N) is 3. The molecule has 1 aliphatic heterocycles. The lowest BCUT2D eigenvalue weighted by Gasteiger charge is -2.30. The number of carbonyl (C=O) groups is 2. The Labute approximate surface area is 242 Å². The first-order chi connectivity index (χ1) is 19.4. The molecule has 0 bridgehead atoms. The van der Waals surface area contributed by atoms with E-state index in [0.717, 1.165) is 0 Å². The number of allylic oxidation sites excluding steroid dienone is 2. The Balaban J connectivity index is 1.63. The Morgan fingerprint density at radius 3 is 2.38 bits per heavy atom. The number of ether oxygens (including phenoxy) is 2. The highest BCUT2D eigenvalue weighted by molar-refractivity contribution is 8.03. The van der Waals surface area contributed by atoms with Crippen LogP contribution < -0.4 is 25.4 Å². The van der Waals surface area contributed by atoms with Crippen molar-refractivity contribution in [2.75, 3.05) is 30.6 Å². The van der Waals surface area contributed by atoms with E-state index >= 15 is 0 Å². The van der Waals surface area contributed by atoms with Crippen molar-refractivity contribution in [3.63, 3.8) is 0 Å². The SMILES string of the molecule is COc1ccc(NC(=O)CSC2=C(C#N)[C@H](c3ccccc3Cl)C(C(=O)Nc3ccccc3OC)=C(C)N2)cc1. The van der Waals surface area contributed by atoms with Crippen LogP contribution in [0.25, 0.3) is 0 Å². The van der Waals surface area contributed by atoms with E-state index in [9.17, 15) is 14.9 Å². The van der Waals surface area contributed by atoms with Gasteiger partial charge in [0.15, 0.2) is 0 Å². The maximum absolute atomic E-state index is 13.7. The molecule has 3 N–H and O–H groups in total. The van der Waals surface area contributed by atoms with Crippen molar-refractivity contribution in [3.05, 3.63) is 105 Å². The van der Waals surface area contributed by atoms with Crippen molar-refractivity contribution in [2.45, 2.75) is 12.8 Å². The lowest BCUT2D eigenvalue weighted by atomic mass is 9.82. The molecular formula is C30H27ClN4O4S. The number of halogens is 1. The van der Waals surface area contributed by atoms with Crippen LogP contribution in [0.4, 0.5) is 11.4 Å². The molecule has 2 amide bonds. The van der Waals surface area contributed by atoms with Gasteiger partial charge in [0.2, 0.25) is 5.91 Å². The predicted molar refractivity (Wildman–Crippen MR) is 158 cm³/mol. The molecule has 4 rings (SSSR count). The molecule has 0 aromatic heterocycles. The number of para-hydroxylation sites is 2. The highest BCUT2D eigenvalue weighted by Gasteiger charge is 2.36. The summed E-state index contributed by atoms with van der Waals surface area (Å²) in [7, 11) is 3.09. The van der Waals surface area contributed by atoms with Crippen molar-refractivity contribution < 1.29 is 19.1 Å². The maximum Gasteiger partial charge on any atom is 0.254 e. The number of benzene rings is 3. The summed E-state index contributed by atoms with van der Waals surface area (Å²) in [4.78, 5) is 26.4. The Morgan fingerprint density at radius 2 is 1.70 bits per heavy atom. The van der Waals surface area contributed by atoms with E-state index in [1.807, 2.05) is 0 Å². The van der Waals surface area contributed by atoms with E-state index in [1.165, 1.54) is 18.9 Å². The van der Waals surface area contributed by atoms with E-state index in [0.29, 0.717) is 49.8 Å². The summed E-state index contributed by atoms with van der Waals surface area (Å²) >= 11 is 7.76. The molecule has 0 aliphatic carbocycles. The molecule has 204 valence electrons. The van der Waals surface area contributed by atoms with Crippen molar-refractivity contribution in [1.82, 2.24) is 5.32 Å². The summed E-state index contributed by atoms with van der Waals surface area (Å²) in [6, 6.07) is 23.4. The van der Waals surface area contributed by atoms with Crippen LogP contribution in [-0.4, -0.2) is 31.8 Å². The van der Waals surface area contributed by atoms with E-state index in [2.05, 4.69) is 22.0 Å². The van der Waals surface area contributed by atoms with Gasteiger partial charge in [0, 0.05) is 22.0 Å². The maximum atomic E-state index is 13.7. The fourth-order valence-electron chi connectivity index (χ4n) is 4.29. The second-order valence-corrected chi connectivity index (χ2v) is 10.1. The molecule has 0 radical (unpaired) electrons. The van der Waals surface area contributed by atoms with Crippen molar-refractivity contribution in [3.8, 4) is 17.6 Å². The van der Waals surface area contributed by atoms with Crippen LogP contribution in [0.3, 0.4) is 0 Å². The van der Waals surface area contributed by atoms with Gasteiger partial charge >= 0.3 is 0 Å². The monoisotopic (exact) mass is 574 g/mol. The number of carbonyl (C=O) groups excluding carboxylic acids is 2. The number of rotatable bonds is 9. The third-order valence-corrected chi connectivity index (χ3v) is 7.55. The van der Waals surface area contributed by atoms with Crippen LogP contribution in [0.5, 0.6) is 11.5 Å². The number of anilines is 2. The molecule has 1 atom stereocenters. The van der Waals surface area contributed by atoms with Gasteiger partial charge in [-0.2, -0.15) is 5.26 Å². The molecule has 1 aliphatic rings. The molecule has 8 nitrogen and oxygen atoms in total. The summed E-state index contributed by atoms with van der Waals surface area (Å²) in [5.74, 6) is -0.207. The van der Waals surface area contributed by atoms with Gasteiger partial charge in [-0.15, -0.1) is 0 Å². The van der Waals surface area contributed by atoms with Crippen LogP contribution in [0.15, 0.2) is 94.7 Å². The third-order valence-electron chi connectivity index (χ3n) is 6.18. The zero-order chi connectivity index (χ0) is 28.6. The smallest absolute Gasteiger partial charge is 0.254 e. The predicted octanol–water partition coefficient (Wildman–Crippen LogP) is 6.06. The van der Waals surface area contributed by atoms with Gasteiger partial charge in [0.25, 0.3) is 5.91 Å². The van der Waals surface area contributed by atoms with Gasteiger partial charge in [-0.1, -0.05) is 53.7 Å². The summed E-state index contributed by atoms with van der Waals surface area (Å²) < 4.78 is 10.5. The fourth-order valence-corrected chi connectivity index (χ4v) is 5.43. The number of thioether (sulfide) groups is 1. The second-order valence-electron chi connectivity index (χ2n) is 8.69. The fraction of sp³-hybridized carbons (Fsp3) is 0.167. The summed E-state index contributed by atoms with van der Waals surface area (Å²) in [5.41, 5.74) is 2.87. The molecular weight excluding hydrogens is 548 g/mol. The lowest BCUT2D eigenvalue weighted by Crippen LogP contribution is -2.31. The number of nitrogens with zero attached hydrogens (tertiary/aromatic N) is 1. The Morgan fingerprint density at radius 1 is 1.00 bits per heavy atom. The summed E-state index contributed by atoms with van der Waals surface area (Å²) in [5, 5.41) is 20.1. The van der Waals surface area contributed by atoms with Gasteiger partial charge in [-0.3, -0.25) is 9.59 Å². The minimum Gasteiger partial charge on any atom is -0.497 e. The van der Waals surface area contributed by atoms with Gasteiger partial charge in [0.1, 0.15) is 11.5 Å². The molecule has 40 heavy (non-hydrogen) atoms. The number of methoxy groups -OCH3 is 2. The molecule has 0 saturated heterocycles. The zero-order valence-electron chi connectivity index (χ0n) is 22.1. The first-order valence-corrected chi connectivity index (χ1v) is 13.6. The largest absolute Gasteiger partial charge is 0.497 e. The van der Waals surface area contributed by atoms with E-state index in [1.54, 1.807) is 86.8 Å². The Bertz CT molecular complexity index is 1530. The molecule has 0 unspecified atom stereocenters. The zero-order valence-corrected chi connectivity index (χ0v) is 23.7. The first kappa shape index (κ1) is 28.6. The first-order valence-electron chi connectivity index (χ1n) is 12.2. The topological polar surface area (TPSA) is 112 Å². The van der Waals surface area contributed by atoms with E-state index < -0.39 is 11.8 Å². The Hall–Kier alpha value is -4.39. The molecule has 1 heterocycles. The number of nitriles is 1. The number of dihydropyridines is 1.